The van der Waals surface area contributed by atoms with Crippen molar-refractivity contribution in [2.75, 3.05) is 40.0 Å². The van der Waals surface area contributed by atoms with Crippen LogP contribution in [0.2, 0.25) is 0 Å². The maximum atomic E-state index is 13.3. The van der Waals surface area contributed by atoms with Gasteiger partial charge in [-0.2, -0.15) is 0 Å². The van der Waals surface area contributed by atoms with Gasteiger partial charge in [0.2, 0.25) is 0 Å². The van der Waals surface area contributed by atoms with Gasteiger partial charge < -0.3 is 19.3 Å². The van der Waals surface area contributed by atoms with Gasteiger partial charge in [-0.05, 0) is 17.7 Å². The summed E-state index contributed by atoms with van der Waals surface area (Å²) in [5.41, 5.74) is 1.14. The molecule has 1 saturated heterocycles. The SMILES string of the molecule is COCc1cc(C(=O)NC[C@@H](c2ccc(F)cc2)N2CCOCC2)no1. The molecule has 1 aromatic carbocycles. The zero-order valence-electron chi connectivity index (χ0n) is 14.6. The van der Waals surface area contributed by atoms with Crippen molar-refractivity contribution < 1.29 is 23.2 Å². The first-order valence-corrected chi connectivity index (χ1v) is 8.47. The van der Waals surface area contributed by atoms with Crippen molar-refractivity contribution in [3.05, 3.63) is 53.2 Å². The minimum Gasteiger partial charge on any atom is -0.379 e. The number of amides is 1. The summed E-state index contributed by atoms with van der Waals surface area (Å²) in [7, 11) is 1.54. The Kier molecular flexibility index (Phi) is 6.32. The van der Waals surface area contributed by atoms with Gasteiger partial charge in [-0.15, -0.1) is 0 Å². The van der Waals surface area contributed by atoms with Gasteiger partial charge in [0.1, 0.15) is 12.4 Å². The Bertz CT molecular complexity index is 713. The first-order chi connectivity index (χ1) is 12.7. The number of ether oxygens (including phenoxy) is 2. The van der Waals surface area contributed by atoms with E-state index in [1.807, 2.05) is 0 Å². The van der Waals surface area contributed by atoms with Gasteiger partial charge in [0.25, 0.3) is 5.91 Å². The molecule has 0 saturated carbocycles. The van der Waals surface area contributed by atoms with Gasteiger partial charge in [0.15, 0.2) is 11.5 Å². The molecule has 0 radical (unpaired) electrons. The van der Waals surface area contributed by atoms with Gasteiger partial charge in [-0.1, -0.05) is 17.3 Å². The Morgan fingerprint density at radius 1 is 1.35 bits per heavy atom. The summed E-state index contributed by atoms with van der Waals surface area (Å²) in [5, 5.41) is 6.65. The van der Waals surface area contributed by atoms with Crippen molar-refractivity contribution >= 4 is 5.91 Å². The zero-order valence-corrected chi connectivity index (χ0v) is 14.6. The molecule has 0 spiro atoms. The molecule has 1 aliphatic heterocycles. The van der Waals surface area contributed by atoms with E-state index in [9.17, 15) is 9.18 Å². The lowest BCUT2D eigenvalue weighted by molar-refractivity contribution is 0.0162. The van der Waals surface area contributed by atoms with Crippen LogP contribution in [0.3, 0.4) is 0 Å². The molecule has 7 nitrogen and oxygen atoms in total. The predicted molar refractivity (Wildman–Crippen MR) is 91.1 cm³/mol. The fourth-order valence-corrected chi connectivity index (χ4v) is 2.94. The molecule has 1 aliphatic rings. The third-order valence-corrected chi connectivity index (χ3v) is 4.28. The number of nitrogens with one attached hydrogen (secondary N) is 1. The number of nitrogens with zero attached hydrogens (tertiary/aromatic N) is 2. The lowest BCUT2D eigenvalue weighted by atomic mass is 10.0. The molecule has 140 valence electrons. The number of hydrogen-bond acceptors (Lipinski definition) is 6. The molecule has 1 aromatic heterocycles. The molecular weight excluding hydrogens is 341 g/mol. The van der Waals surface area contributed by atoms with Crippen LogP contribution in [0, 0.1) is 5.82 Å². The van der Waals surface area contributed by atoms with E-state index in [-0.39, 0.29) is 30.1 Å². The van der Waals surface area contributed by atoms with Gasteiger partial charge in [-0.25, -0.2) is 4.39 Å². The van der Waals surface area contributed by atoms with Crippen LogP contribution in [-0.2, 0) is 16.1 Å². The normalized spacial score (nSPS) is 16.4. The highest BCUT2D eigenvalue weighted by atomic mass is 19.1. The molecule has 1 atom stereocenters. The van der Waals surface area contributed by atoms with E-state index in [0.717, 1.165) is 18.7 Å². The summed E-state index contributed by atoms with van der Waals surface area (Å²) in [6.07, 6.45) is 0. The molecule has 3 rings (SSSR count). The molecule has 1 amide bonds. The second-order valence-electron chi connectivity index (χ2n) is 6.04. The van der Waals surface area contributed by atoms with Crippen molar-refractivity contribution in [2.24, 2.45) is 0 Å². The van der Waals surface area contributed by atoms with Crippen molar-refractivity contribution in [1.29, 1.82) is 0 Å². The summed E-state index contributed by atoms with van der Waals surface area (Å²) in [6.45, 7) is 3.40. The topological polar surface area (TPSA) is 76.8 Å². The Balaban J connectivity index is 1.68. The Labute approximate surface area is 151 Å². The molecule has 2 aromatic rings. The average molecular weight is 363 g/mol. The van der Waals surface area contributed by atoms with Gasteiger partial charge >= 0.3 is 0 Å². The fourth-order valence-electron chi connectivity index (χ4n) is 2.94. The standard InChI is InChI=1S/C18H22FN3O4/c1-24-12-15-10-16(21-26-15)18(23)20-11-17(22-6-8-25-9-7-22)13-2-4-14(19)5-3-13/h2-5,10,17H,6-9,11-12H2,1H3,(H,20,23)/t17-/m0/s1. The van der Waals surface area contributed by atoms with Gasteiger partial charge in [0, 0.05) is 32.8 Å². The van der Waals surface area contributed by atoms with E-state index < -0.39 is 0 Å². The molecule has 0 aliphatic carbocycles. The number of carbonyl (C=O) groups is 1. The number of morpholine rings is 1. The molecule has 26 heavy (non-hydrogen) atoms. The Hall–Kier alpha value is -2.29. The van der Waals surface area contributed by atoms with Crippen LogP contribution < -0.4 is 5.32 Å². The highest BCUT2D eigenvalue weighted by Crippen LogP contribution is 2.22. The second kappa shape index (κ2) is 8.88. The molecule has 0 bridgehead atoms. The van der Waals surface area contributed by atoms with Crippen molar-refractivity contribution in [3.8, 4) is 0 Å². The Morgan fingerprint density at radius 2 is 2.08 bits per heavy atom. The van der Waals surface area contributed by atoms with E-state index >= 15 is 0 Å². The van der Waals surface area contributed by atoms with Crippen LogP contribution in [0.25, 0.3) is 0 Å². The van der Waals surface area contributed by atoms with E-state index in [1.165, 1.54) is 19.2 Å². The number of benzene rings is 1. The smallest absolute Gasteiger partial charge is 0.273 e. The van der Waals surface area contributed by atoms with Crippen LogP contribution in [0.15, 0.2) is 34.9 Å². The van der Waals surface area contributed by atoms with Crippen molar-refractivity contribution in [3.63, 3.8) is 0 Å². The lowest BCUT2D eigenvalue weighted by Crippen LogP contribution is -2.43. The average Bonchev–Trinajstić information content (AvgIpc) is 3.13. The Morgan fingerprint density at radius 3 is 2.77 bits per heavy atom. The summed E-state index contributed by atoms with van der Waals surface area (Å²) in [4.78, 5) is 14.6. The number of aromatic nitrogens is 1. The third-order valence-electron chi connectivity index (χ3n) is 4.28. The quantitative estimate of drug-likeness (QED) is 0.808. The van der Waals surface area contributed by atoms with Crippen molar-refractivity contribution in [1.82, 2.24) is 15.4 Å². The maximum Gasteiger partial charge on any atom is 0.273 e. The largest absolute Gasteiger partial charge is 0.379 e. The fraction of sp³-hybridized carbons (Fsp3) is 0.444. The highest BCUT2D eigenvalue weighted by molar-refractivity contribution is 5.92. The first-order valence-electron chi connectivity index (χ1n) is 8.47. The molecule has 1 N–H and O–H groups in total. The number of carbonyl (C=O) groups excluding carboxylic acids is 1. The number of rotatable bonds is 7. The van der Waals surface area contributed by atoms with Crippen LogP contribution in [-0.4, -0.2) is 55.9 Å². The summed E-state index contributed by atoms with van der Waals surface area (Å²) >= 11 is 0. The van der Waals surface area contributed by atoms with E-state index in [2.05, 4.69) is 15.4 Å². The van der Waals surface area contributed by atoms with Gasteiger partial charge in [0.05, 0.1) is 19.3 Å². The maximum absolute atomic E-state index is 13.3. The predicted octanol–water partition coefficient (Wildman–Crippen LogP) is 1.76. The summed E-state index contributed by atoms with van der Waals surface area (Å²) in [5.74, 6) is -0.121. The molecule has 0 unspecified atom stereocenters. The van der Waals surface area contributed by atoms with E-state index in [0.29, 0.717) is 25.5 Å². The summed E-state index contributed by atoms with van der Waals surface area (Å²) in [6, 6.07) is 7.83. The van der Waals surface area contributed by atoms with E-state index in [4.69, 9.17) is 14.0 Å². The van der Waals surface area contributed by atoms with E-state index in [1.54, 1.807) is 18.2 Å². The van der Waals surface area contributed by atoms with Gasteiger partial charge in [-0.3, -0.25) is 9.69 Å². The highest BCUT2D eigenvalue weighted by Gasteiger charge is 2.24. The zero-order chi connectivity index (χ0) is 18.4. The number of hydrogen-bond donors (Lipinski definition) is 1. The molecular formula is C18H22FN3O4. The minimum absolute atomic E-state index is 0.0752. The second-order valence-corrected chi connectivity index (χ2v) is 6.04. The van der Waals surface area contributed by atoms with Crippen LogP contribution in [0.5, 0.6) is 0 Å². The molecule has 1 fully saturated rings. The molecule has 2 heterocycles. The minimum atomic E-state index is -0.323. The van der Waals surface area contributed by atoms with Crippen molar-refractivity contribution in [2.45, 2.75) is 12.6 Å². The third kappa shape index (κ3) is 4.66. The van der Waals surface area contributed by atoms with Crippen LogP contribution in [0.4, 0.5) is 4.39 Å². The number of halogens is 1. The van der Waals surface area contributed by atoms with Crippen LogP contribution >= 0.6 is 0 Å². The number of methoxy groups -OCH3 is 1. The molecule has 8 heteroatoms. The monoisotopic (exact) mass is 363 g/mol. The first kappa shape index (κ1) is 18.5. The summed E-state index contributed by atoms with van der Waals surface area (Å²) < 4.78 is 28.7. The van der Waals surface area contributed by atoms with Crippen LogP contribution in [0.1, 0.15) is 27.9 Å². The lowest BCUT2D eigenvalue weighted by Gasteiger charge is -2.34.